The van der Waals surface area contributed by atoms with Gasteiger partial charge in [-0.3, -0.25) is 0 Å². The molecule has 0 spiro atoms. The first-order valence-electron chi connectivity index (χ1n) is 8.06. The van der Waals surface area contributed by atoms with Crippen LogP contribution >= 0.6 is 0 Å². The van der Waals surface area contributed by atoms with Crippen molar-refractivity contribution in [3.63, 3.8) is 0 Å². The Morgan fingerprint density at radius 1 is 1.32 bits per heavy atom. The predicted octanol–water partition coefficient (Wildman–Crippen LogP) is 3.16. The third kappa shape index (κ3) is 2.26. The Labute approximate surface area is 130 Å². The third-order valence-electron chi connectivity index (χ3n) is 4.53. The van der Waals surface area contributed by atoms with E-state index in [4.69, 9.17) is 4.98 Å². The van der Waals surface area contributed by atoms with Gasteiger partial charge >= 0.3 is 0 Å². The Hall–Kier alpha value is -2.30. The van der Waals surface area contributed by atoms with Crippen molar-refractivity contribution >= 4 is 17.0 Å². The first kappa shape index (κ1) is 13.4. The van der Waals surface area contributed by atoms with Gasteiger partial charge in [0.15, 0.2) is 0 Å². The van der Waals surface area contributed by atoms with E-state index in [9.17, 15) is 0 Å². The van der Waals surface area contributed by atoms with Crippen LogP contribution in [-0.4, -0.2) is 32.6 Å². The van der Waals surface area contributed by atoms with Gasteiger partial charge in [0, 0.05) is 31.9 Å². The number of H-pyrrole nitrogens is 1. The van der Waals surface area contributed by atoms with Gasteiger partial charge in [-0.1, -0.05) is 19.1 Å². The maximum absolute atomic E-state index is 4.74. The molecule has 1 fully saturated rings. The maximum Gasteiger partial charge on any atom is 0.203 e. The Balaban J connectivity index is 1.60. The Bertz CT molecular complexity index is 739. The molecule has 0 aliphatic carbocycles. The lowest BCUT2D eigenvalue weighted by Gasteiger charge is -2.33. The molecule has 114 valence electrons. The first-order chi connectivity index (χ1) is 10.8. The van der Waals surface area contributed by atoms with Gasteiger partial charge in [-0.2, -0.15) is 0 Å². The number of benzene rings is 1. The smallest absolute Gasteiger partial charge is 0.203 e. The normalized spacial score (nSPS) is 19.0. The number of hydrogen-bond acceptors (Lipinski definition) is 3. The molecule has 1 aliphatic rings. The Kier molecular flexibility index (Phi) is 3.33. The summed E-state index contributed by atoms with van der Waals surface area (Å²) in [6.07, 6.45) is 7.40. The van der Waals surface area contributed by atoms with Crippen LogP contribution in [0.2, 0.25) is 0 Å². The molecule has 0 amide bonds. The predicted molar refractivity (Wildman–Crippen MR) is 88.2 cm³/mol. The third-order valence-corrected chi connectivity index (χ3v) is 4.53. The molecule has 0 bridgehead atoms. The van der Waals surface area contributed by atoms with Crippen molar-refractivity contribution in [2.75, 3.05) is 18.0 Å². The number of imidazole rings is 2. The van der Waals surface area contributed by atoms with E-state index >= 15 is 0 Å². The molecule has 2 aromatic heterocycles. The van der Waals surface area contributed by atoms with Crippen LogP contribution in [0.1, 0.15) is 31.6 Å². The number of aromatic nitrogens is 4. The number of aromatic amines is 1. The minimum absolute atomic E-state index is 0.486. The van der Waals surface area contributed by atoms with Crippen molar-refractivity contribution in [3.05, 3.63) is 42.5 Å². The van der Waals surface area contributed by atoms with Crippen molar-refractivity contribution < 1.29 is 0 Å². The fraction of sp³-hybridized carbons (Fsp3) is 0.412. The topological polar surface area (TPSA) is 49.7 Å². The number of para-hydroxylation sites is 2. The molecular formula is C17H21N5. The fourth-order valence-electron chi connectivity index (χ4n) is 3.41. The molecule has 4 rings (SSSR count). The van der Waals surface area contributed by atoms with E-state index in [1.165, 1.54) is 18.7 Å². The van der Waals surface area contributed by atoms with Gasteiger partial charge in [0.2, 0.25) is 5.95 Å². The summed E-state index contributed by atoms with van der Waals surface area (Å²) in [4.78, 5) is 15.0. The summed E-state index contributed by atoms with van der Waals surface area (Å²) in [5.41, 5.74) is 2.15. The van der Waals surface area contributed by atoms with Crippen LogP contribution in [0.15, 0.2) is 36.7 Å². The molecular weight excluding hydrogens is 274 g/mol. The van der Waals surface area contributed by atoms with Crippen LogP contribution in [0.25, 0.3) is 11.0 Å². The number of hydrogen-bond donors (Lipinski definition) is 1. The number of nitrogens with one attached hydrogen (secondary N) is 1. The largest absolute Gasteiger partial charge is 0.340 e. The summed E-state index contributed by atoms with van der Waals surface area (Å²) in [5.74, 6) is 2.17. The summed E-state index contributed by atoms with van der Waals surface area (Å²) in [7, 11) is 0. The van der Waals surface area contributed by atoms with Crippen LogP contribution in [-0.2, 0) is 6.42 Å². The van der Waals surface area contributed by atoms with Crippen LogP contribution in [0.4, 0.5) is 5.95 Å². The molecule has 1 aliphatic heterocycles. The molecule has 1 saturated heterocycles. The number of nitrogens with zero attached hydrogens (tertiary/aromatic N) is 4. The minimum atomic E-state index is 0.486. The molecule has 0 saturated carbocycles. The van der Waals surface area contributed by atoms with Crippen molar-refractivity contribution in [2.24, 2.45) is 0 Å². The summed E-state index contributed by atoms with van der Waals surface area (Å²) >= 11 is 0. The second-order valence-corrected chi connectivity index (χ2v) is 5.92. The van der Waals surface area contributed by atoms with Crippen molar-refractivity contribution in [1.82, 2.24) is 19.5 Å². The molecule has 1 atom stereocenters. The minimum Gasteiger partial charge on any atom is -0.340 e. The van der Waals surface area contributed by atoms with Crippen LogP contribution in [0.3, 0.4) is 0 Å². The summed E-state index contributed by atoms with van der Waals surface area (Å²) in [6.45, 7) is 4.22. The SMILES string of the molecule is CCc1nccn1C1CCCN(c2nc3ccccc3[nH]2)C1. The van der Waals surface area contributed by atoms with E-state index < -0.39 is 0 Å². The zero-order chi connectivity index (χ0) is 14.9. The Morgan fingerprint density at radius 2 is 2.23 bits per heavy atom. The van der Waals surface area contributed by atoms with Gasteiger partial charge in [-0.15, -0.1) is 0 Å². The fourth-order valence-corrected chi connectivity index (χ4v) is 3.41. The molecule has 1 aromatic carbocycles. The van der Waals surface area contributed by atoms with Gasteiger partial charge in [0.1, 0.15) is 5.82 Å². The lowest BCUT2D eigenvalue weighted by molar-refractivity contribution is 0.393. The first-order valence-corrected chi connectivity index (χ1v) is 8.06. The standard InChI is InChI=1S/C17H21N5/c1-2-16-18-9-11-22(16)13-6-5-10-21(12-13)17-19-14-7-3-4-8-15(14)20-17/h3-4,7-9,11,13H,2,5-6,10,12H2,1H3,(H,19,20). The van der Waals surface area contributed by atoms with Gasteiger partial charge in [0.05, 0.1) is 17.1 Å². The van der Waals surface area contributed by atoms with E-state index in [0.717, 1.165) is 36.5 Å². The zero-order valence-electron chi connectivity index (χ0n) is 12.9. The number of piperidine rings is 1. The summed E-state index contributed by atoms with van der Waals surface area (Å²) < 4.78 is 2.34. The second kappa shape index (κ2) is 5.48. The Morgan fingerprint density at radius 3 is 3.09 bits per heavy atom. The van der Waals surface area contributed by atoms with Crippen molar-refractivity contribution in [3.8, 4) is 0 Å². The maximum atomic E-state index is 4.74. The number of fused-ring (bicyclic) bond motifs is 1. The molecule has 1 unspecified atom stereocenters. The van der Waals surface area contributed by atoms with Crippen molar-refractivity contribution in [1.29, 1.82) is 0 Å². The van der Waals surface area contributed by atoms with Gasteiger partial charge in [-0.25, -0.2) is 9.97 Å². The van der Waals surface area contributed by atoms with Crippen molar-refractivity contribution in [2.45, 2.75) is 32.2 Å². The quantitative estimate of drug-likeness (QED) is 0.807. The second-order valence-electron chi connectivity index (χ2n) is 5.92. The number of rotatable bonds is 3. The highest BCUT2D eigenvalue weighted by molar-refractivity contribution is 5.77. The molecule has 5 heteroatoms. The van der Waals surface area contributed by atoms with E-state index in [0.29, 0.717) is 6.04 Å². The zero-order valence-corrected chi connectivity index (χ0v) is 12.9. The van der Waals surface area contributed by atoms with E-state index in [1.807, 2.05) is 18.3 Å². The number of anilines is 1. The molecule has 3 heterocycles. The van der Waals surface area contributed by atoms with E-state index in [1.54, 1.807) is 0 Å². The average molecular weight is 295 g/mol. The lowest BCUT2D eigenvalue weighted by Crippen LogP contribution is -2.37. The van der Waals surface area contributed by atoms with Gasteiger partial charge in [0.25, 0.3) is 0 Å². The summed E-state index contributed by atoms with van der Waals surface area (Å²) in [5, 5.41) is 0. The lowest BCUT2D eigenvalue weighted by atomic mass is 10.1. The van der Waals surface area contributed by atoms with E-state index in [2.05, 4.69) is 44.7 Å². The highest BCUT2D eigenvalue weighted by atomic mass is 15.3. The van der Waals surface area contributed by atoms with Crippen LogP contribution < -0.4 is 4.90 Å². The highest BCUT2D eigenvalue weighted by Crippen LogP contribution is 2.27. The van der Waals surface area contributed by atoms with Crippen LogP contribution in [0, 0.1) is 0 Å². The highest BCUT2D eigenvalue weighted by Gasteiger charge is 2.24. The monoisotopic (exact) mass is 295 g/mol. The van der Waals surface area contributed by atoms with Gasteiger partial charge in [-0.05, 0) is 25.0 Å². The van der Waals surface area contributed by atoms with Crippen LogP contribution in [0.5, 0.6) is 0 Å². The molecule has 22 heavy (non-hydrogen) atoms. The molecule has 3 aromatic rings. The van der Waals surface area contributed by atoms with E-state index in [-0.39, 0.29) is 0 Å². The molecule has 0 radical (unpaired) electrons. The molecule has 5 nitrogen and oxygen atoms in total. The summed E-state index contributed by atoms with van der Waals surface area (Å²) in [6, 6.07) is 8.70. The van der Waals surface area contributed by atoms with Gasteiger partial charge < -0.3 is 14.5 Å². The average Bonchev–Trinajstić information content (AvgIpc) is 3.21. The number of aryl methyl sites for hydroxylation is 1. The molecule has 1 N–H and O–H groups in total.